The minimum atomic E-state index is -0.239. The topological polar surface area (TPSA) is 67.7 Å². The van der Waals surface area contributed by atoms with Crippen molar-refractivity contribution in [3.05, 3.63) is 64.1 Å². The Morgan fingerprint density at radius 3 is 2.69 bits per heavy atom. The van der Waals surface area contributed by atoms with Gasteiger partial charge in [0, 0.05) is 32.8 Å². The molecule has 138 valence electrons. The highest BCUT2D eigenvalue weighted by Crippen LogP contribution is 2.26. The molecule has 0 radical (unpaired) electrons. The third-order valence-electron chi connectivity index (χ3n) is 4.62. The first-order valence-electron chi connectivity index (χ1n) is 8.71. The lowest BCUT2D eigenvalue weighted by molar-refractivity contribution is 0.0489. The fraction of sp³-hybridized carbons (Fsp3) is 0.421. The summed E-state index contributed by atoms with van der Waals surface area (Å²) in [5, 5.41) is 4.25. The van der Waals surface area contributed by atoms with E-state index in [0.717, 1.165) is 18.7 Å². The number of hydrogen-bond acceptors (Lipinski definition) is 5. The van der Waals surface area contributed by atoms with Gasteiger partial charge in [0.15, 0.2) is 0 Å². The number of benzene rings is 1. The van der Waals surface area contributed by atoms with E-state index in [-0.39, 0.29) is 23.2 Å². The summed E-state index contributed by atoms with van der Waals surface area (Å²) in [4.78, 5) is 29.1. The molecule has 1 unspecified atom stereocenters. The lowest BCUT2D eigenvalue weighted by Crippen LogP contribution is -2.49. The van der Waals surface area contributed by atoms with Crippen LogP contribution in [0.1, 0.15) is 22.1 Å². The van der Waals surface area contributed by atoms with Crippen molar-refractivity contribution >= 4 is 5.91 Å². The lowest BCUT2D eigenvalue weighted by atomic mass is 10.0. The van der Waals surface area contributed by atoms with Crippen LogP contribution >= 0.6 is 0 Å². The van der Waals surface area contributed by atoms with Gasteiger partial charge in [-0.25, -0.2) is 4.68 Å². The predicted molar refractivity (Wildman–Crippen MR) is 98.1 cm³/mol. The van der Waals surface area contributed by atoms with E-state index in [2.05, 4.69) is 17.0 Å². The third-order valence-corrected chi connectivity index (χ3v) is 4.62. The third kappa shape index (κ3) is 4.00. The zero-order chi connectivity index (χ0) is 18.5. The Hall–Kier alpha value is -2.51. The quantitative estimate of drug-likeness (QED) is 0.800. The monoisotopic (exact) mass is 356 g/mol. The Balaban J connectivity index is 1.88. The molecule has 1 aliphatic heterocycles. The second-order valence-corrected chi connectivity index (χ2v) is 6.46. The molecule has 0 spiro atoms. The van der Waals surface area contributed by atoms with Crippen LogP contribution in [0.4, 0.5) is 0 Å². The van der Waals surface area contributed by atoms with E-state index in [0.29, 0.717) is 19.7 Å². The normalized spacial score (nSPS) is 18.1. The first-order chi connectivity index (χ1) is 12.6. The summed E-state index contributed by atoms with van der Waals surface area (Å²) in [6, 6.07) is 12.9. The number of rotatable bonds is 5. The van der Waals surface area contributed by atoms with Crippen molar-refractivity contribution < 1.29 is 9.53 Å². The van der Waals surface area contributed by atoms with Gasteiger partial charge in [0.05, 0.1) is 19.2 Å². The van der Waals surface area contributed by atoms with E-state index in [4.69, 9.17) is 4.74 Å². The fourth-order valence-corrected chi connectivity index (χ4v) is 3.17. The van der Waals surface area contributed by atoms with Crippen molar-refractivity contribution in [2.24, 2.45) is 0 Å². The molecule has 0 N–H and O–H groups in total. The van der Waals surface area contributed by atoms with E-state index >= 15 is 0 Å². The molecule has 0 saturated carbocycles. The number of methoxy groups -OCH3 is 1. The minimum Gasteiger partial charge on any atom is -0.383 e. The second kappa shape index (κ2) is 8.25. The Bertz CT molecular complexity index is 806. The number of piperazine rings is 1. The highest BCUT2D eigenvalue weighted by Gasteiger charge is 2.31. The molecule has 2 aromatic rings. The van der Waals surface area contributed by atoms with Gasteiger partial charge in [-0.05, 0) is 18.7 Å². The molecule has 0 bridgehead atoms. The highest BCUT2D eigenvalue weighted by molar-refractivity contribution is 5.92. The Kier molecular flexibility index (Phi) is 5.80. The lowest BCUT2D eigenvalue weighted by Gasteiger charge is -2.40. The van der Waals surface area contributed by atoms with E-state index in [1.165, 1.54) is 16.8 Å². The van der Waals surface area contributed by atoms with Crippen molar-refractivity contribution in [3.63, 3.8) is 0 Å². The second-order valence-electron chi connectivity index (χ2n) is 6.46. The van der Waals surface area contributed by atoms with Crippen LogP contribution in [0.3, 0.4) is 0 Å². The van der Waals surface area contributed by atoms with Gasteiger partial charge in [0.1, 0.15) is 5.69 Å². The van der Waals surface area contributed by atoms with E-state index in [1.807, 2.05) is 35.2 Å². The number of likely N-dealkylation sites (N-methyl/N-ethyl adjacent to an activating group) is 1. The Labute approximate surface area is 152 Å². The fourth-order valence-electron chi connectivity index (χ4n) is 3.17. The first kappa shape index (κ1) is 18.3. The molecule has 26 heavy (non-hydrogen) atoms. The summed E-state index contributed by atoms with van der Waals surface area (Å²) in [6.45, 7) is 2.87. The zero-order valence-corrected chi connectivity index (χ0v) is 15.2. The van der Waals surface area contributed by atoms with Crippen LogP contribution in [0, 0.1) is 0 Å². The molecule has 7 heteroatoms. The molecule has 1 fully saturated rings. The predicted octanol–water partition coefficient (Wildman–Crippen LogP) is 1.02. The standard InChI is InChI=1S/C19H24N4O3/c1-21-10-11-22(17(14-21)15-6-4-3-5-7-15)19(25)16-8-9-18(24)23(20-16)12-13-26-2/h3-9,17H,10-14H2,1-2H3. The molecule has 2 heterocycles. The van der Waals surface area contributed by atoms with Gasteiger partial charge >= 0.3 is 0 Å². The smallest absolute Gasteiger partial charge is 0.274 e. The Morgan fingerprint density at radius 1 is 1.19 bits per heavy atom. The van der Waals surface area contributed by atoms with E-state index in [1.54, 1.807) is 7.11 Å². The number of ether oxygens (including phenoxy) is 1. The molecule has 1 atom stereocenters. The van der Waals surface area contributed by atoms with Crippen LogP contribution in [0.15, 0.2) is 47.3 Å². The maximum atomic E-state index is 13.1. The van der Waals surface area contributed by atoms with Gasteiger partial charge in [0.2, 0.25) is 0 Å². The number of carbonyl (C=O) groups excluding carboxylic acids is 1. The summed E-state index contributed by atoms with van der Waals surface area (Å²) in [7, 11) is 3.62. The van der Waals surface area contributed by atoms with Gasteiger partial charge in [0.25, 0.3) is 11.5 Å². The van der Waals surface area contributed by atoms with Gasteiger partial charge in [-0.1, -0.05) is 30.3 Å². The molecule has 1 aliphatic rings. The molecule has 1 saturated heterocycles. The van der Waals surface area contributed by atoms with Gasteiger partial charge in [-0.2, -0.15) is 5.10 Å². The van der Waals surface area contributed by atoms with Crippen LogP contribution in [-0.4, -0.2) is 65.9 Å². The number of hydrogen-bond donors (Lipinski definition) is 0. The van der Waals surface area contributed by atoms with Crippen molar-refractivity contribution in [2.75, 3.05) is 40.4 Å². The van der Waals surface area contributed by atoms with E-state index < -0.39 is 0 Å². The van der Waals surface area contributed by atoms with Crippen LogP contribution in [0.25, 0.3) is 0 Å². The van der Waals surface area contributed by atoms with Gasteiger partial charge in [-0.3, -0.25) is 9.59 Å². The molecule has 3 rings (SSSR count). The SMILES string of the molecule is COCCn1nc(C(=O)N2CCN(C)CC2c2ccccc2)ccc1=O. The van der Waals surface area contributed by atoms with Gasteiger partial charge < -0.3 is 14.5 Å². The molecule has 7 nitrogen and oxygen atoms in total. The van der Waals surface area contributed by atoms with Crippen molar-refractivity contribution in [3.8, 4) is 0 Å². The average Bonchev–Trinajstić information content (AvgIpc) is 2.67. The van der Waals surface area contributed by atoms with Crippen LogP contribution in [-0.2, 0) is 11.3 Å². The number of carbonyl (C=O) groups is 1. The van der Waals surface area contributed by atoms with Crippen LogP contribution in [0.5, 0.6) is 0 Å². The molecular weight excluding hydrogens is 332 g/mol. The summed E-state index contributed by atoms with van der Waals surface area (Å²) in [5.41, 5.74) is 1.14. The maximum Gasteiger partial charge on any atom is 0.274 e. The summed E-state index contributed by atoms with van der Waals surface area (Å²) < 4.78 is 6.29. The van der Waals surface area contributed by atoms with Crippen molar-refractivity contribution in [1.29, 1.82) is 0 Å². The average molecular weight is 356 g/mol. The Morgan fingerprint density at radius 2 is 1.96 bits per heavy atom. The number of nitrogens with zero attached hydrogens (tertiary/aromatic N) is 4. The maximum absolute atomic E-state index is 13.1. The molecule has 1 aromatic carbocycles. The van der Waals surface area contributed by atoms with Crippen molar-refractivity contribution in [1.82, 2.24) is 19.6 Å². The number of aromatic nitrogens is 2. The number of amides is 1. The highest BCUT2D eigenvalue weighted by atomic mass is 16.5. The molecule has 1 aromatic heterocycles. The van der Waals surface area contributed by atoms with Crippen LogP contribution < -0.4 is 5.56 Å². The van der Waals surface area contributed by atoms with Crippen molar-refractivity contribution in [2.45, 2.75) is 12.6 Å². The first-order valence-corrected chi connectivity index (χ1v) is 8.71. The molecule has 0 aliphatic carbocycles. The summed E-state index contributed by atoms with van der Waals surface area (Å²) >= 11 is 0. The largest absolute Gasteiger partial charge is 0.383 e. The molecular formula is C19H24N4O3. The summed E-state index contributed by atoms with van der Waals surface area (Å²) in [5.74, 6) is -0.155. The van der Waals surface area contributed by atoms with Crippen LogP contribution in [0.2, 0.25) is 0 Å². The zero-order valence-electron chi connectivity index (χ0n) is 15.2. The molecule has 1 amide bonds. The van der Waals surface area contributed by atoms with Gasteiger partial charge in [-0.15, -0.1) is 0 Å². The van der Waals surface area contributed by atoms with E-state index in [9.17, 15) is 9.59 Å². The summed E-state index contributed by atoms with van der Waals surface area (Å²) in [6.07, 6.45) is 0. The minimum absolute atomic E-state index is 0.0383.